The Labute approximate surface area is 101 Å². The summed E-state index contributed by atoms with van der Waals surface area (Å²) in [6.45, 7) is 6.47. The fraction of sp³-hybridized carbons (Fsp3) is 0.231. The van der Waals surface area contributed by atoms with E-state index in [0.29, 0.717) is 12.5 Å². The molecule has 0 saturated carbocycles. The van der Waals surface area contributed by atoms with Crippen LogP contribution in [0.4, 0.5) is 5.95 Å². The molecule has 0 bridgehead atoms. The topological polar surface area (TPSA) is 56.7 Å². The molecular weight excluding hydrogens is 212 g/mol. The maximum atomic E-state index is 5.60. The van der Waals surface area contributed by atoms with Crippen LogP contribution < -0.4 is 5.73 Å². The molecule has 4 nitrogen and oxygen atoms in total. The van der Waals surface area contributed by atoms with Gasteiger partial charge in [-0.25, -0.2) is 4.68 Å². The fourth-order valence-electron chi connectivity index (χ4n) is 1.71. The van der Waals surface area contributed by atoms with Crippen LogP contribution in [0.3, 0.4) is 0 Å². The van der Waals surface area contributed by atoms with E-state index in [9.17, 15) is 0 Å². The molecule has 0 spiro atoms. The molecule has 1 aromatic carbocycles. The summed E-state index contributed by atoms with van der Waals surface area (Å²) < 4.78 is 1.85. The zero-order valence-electron chi connectivity index (χ0n) is 9.93. The highest BCUT2D eigenvalue weighted by atomic mass is 15.4. The van der Waals surface area contributed by atoms with Gasteiger partial charge in [0.15, 0.2) is 0 Å². The number of hydrogen-bond donors (Lipinski definition) is 1. The van der Waals surface area contributed by atoms with Gasteiger partial charge in [-0.2, -0.15) is 4.98 Å². The molecule has 0 unspecified atom stereocenters. The van der Waals surface area contributed by atoms with E-state index in [1.807, 2.05) is 29.8 Å². The number of anilines is 1. The van der Waals surface area contributed by atoms with E-state index < -0.39 is 0 Å². The van der Waals surface area contributed by atoms with E-state index in [2.05, 4.69) is 28.8 Å². The number of hydrogen-bond acceptors (Lipinski definition) is 3. The molecule has 0 saturated heterocycles. The molecule has 1 aromatic heterocycles. The Morgan fingerprint density at radius 1 is 1.35 bits per heavy atom. The fourth-order valence-corrected chi connectivity index (χ4v) is 1.71. The lowest BCUT2D eigenvalue weighted by Gasteiger charge is -2.04. The molecular formula is C13H16N4. The first-order valence-electron chi connectivity index (χ1n) is 5.63. The molecule has 1 heterocycles. The van der Waals surface area contributed by atoms with Gasteiger partial charge < -0.3 is 5.73 Å². The first-order valence-corrected chi connectivity index (χ1v) is 5.63. The molecule has 17 heavy (non-hydrogen) atoms. The van der Waals surface area contributed by atoms with Crippen molar-refractivity contribution in [3.05, 3.63) is 47.8 Å². The number of benzene rings is 1. The lowest BCUT2D eigenvalue weighted by atomic mass is 10.1. The molecule has 0 radical (unpaired) electrons. The minimum Gasteiger partial charge on any atom is -0.366 e. The van der Waals surface area contributed by atoms with Crippen molar-refractivity contribution in [3.8, 4) is 0 Å². The monoisotopic (exact) mass is 228 g/mol. The second-order valence-electron chi connectivity index (χ2n) is 3.84. The van der Waals surface area contributed by atoms with E-state index in [1.54, 1.807) is 0 Å². The smallest absolute Gasteiger partial charge is 0.239 e. The number of nitrogens with two attached hydrogens (primary N) is 1. The number of nitrogens with zero attached hydrogens (tertiary/aromatic N) is 3. The zero-order valence-corrected chi connectivity index (χ0v) is 9.93. The maximum absolute atomic E-state index is 5.60. The van der Waals surface area contributed by atoms with Gasteiger partial charge in [-0.05, 0) is 11.1 Å². The summed E-state index contributed by atoms with van der Waals surface area (Å²) in [5, 5.41) is 4.18. The molecule has 0 amide bonds. The summed E-state index contributed by atoms with van der Waals surface area (Å²) in [5.74, 6) is 1.25. The molecule has 0 aliphatic rings. The number of nitrogen functional groups attached to an aromatic ring is 1. The average Bonchev–Trinajstić information content (AvgIpc) is 2.70. The molecule has 88 valence electrons. The van der Waals surface area contributed by atoms with Crippen molar-refractivity contribution in [2.75, 3.05) is 5.73 Å². The van der Waals surface area contributed by atoms with Crippen molar-refractivity contribution in [1.29, 1.82) is 0 Å². The van der Waals surface area contributed by atoms with E-state index in [-0.39, 0.29) is 0 Å². The summed E-state index contributed by atoms with van der Waals surface area (Å²) in [4.78, 5) is 4.17. The third-order valence-electron chi connectivity index (χ3n) is 2.63. The second-order valence-corrected chi connectivity index (χ2v) is 3.84. The Bertz CT molecular complexity index is 511. The van der Waals surface area contributed by atoms with Crippen LogP contribution >= 0.6 is 0 Å². The van der Waals surface area contributed by atoms with Gasteiger partial charge in [0.25, 0.3) is 0 Å². The molecule has 0 fully saturated rings. The van der Waals surface area contributed by atoms with Crippen molar-refractivity contribution in [1.82, 2.24) is 14.8 Å². The first-order chi connectivity index (χ1) is 8.22. The third kappa shape index (κ3) is 2.53. The predicted octanol–water partition coefficient (Wildman–Crippen LogP) is 2.11. The molecule has 0 atom stereocenters. The lowest BCUT2D eigenvalue weighted by Crippen LogP contribution is -2.06. The van der Waals surface area contributed by atoms with E-state index >= 15 is 0 Å². The zero-order chi connectivity index (χ0) is 12.3. The van der Waals surface area contributed by atoms with Crippen LogP contribution in [-0.4, -0.2) is 14.8 Å². The van der Waals surface area contributed by atoms with E-state index in [1.165, 1.54) is 5.56 Å². The third-order valence-corrected chi connectivity index (χ3v) is 2.63. The minimum atomic E-state index is 0.338. The Morgan fingerprint density at radius 3 is 2.65 bits per heavy atom. The predicted molar refractivity (Wildman–Crippen MR) is 69.4 cm³/mol. The van der Waals surface area contributed by atoms with Gasteiger partial charge in [-0.3, -0.25) is 0 Å². The van der Waals surface area contributed by atoms with Crippen molar-refractivity contribution in [2.45, 2.75) is 19.9 Å². The Kier molecular flexibility index (Phi) is 3.23. The average molecular weight is 228 g/mol. The van der Waals surface area contributed by atoms with E-state index in [0.717, 1.165) is 17.8 Å². The summed E-state index contributed by atoms with van der Waals surface area (Å²) in [6.07, 6.45) is 2.66. The molecule has 0 aliphatic carbocycles. The van der Waals surface area contributed by atoms with Crippen molar-refractivity contribution < 1.29 is 0 Å². The molecule has 0 aliphatic heterocycles. The van der Waals surface area contributed by atoms with Crippen LogP contribution in [-0.2, 0) is 13.0 Å². The van der Waals surface area contributed by atoms with Crippen LogP contribution in [0.25, 0.3) is 6.08 Å². The van der Waals surface area contributed by atoms with Gasteiger partial charge in [0.1, 0.15) is 5.82 Å². The molecule has 4 heteroatoms. The van der Waals surface area contributed by atoms with Gasteiger partial charge in [0, 0.05) is 6.42 Å². The summed E-state index contributed by atoms with van der Waals surface area (Å²) in [5.41, 5.74) is 7.89. The Morgan fingerprint density at radius 2 is 2.06 bits per heavy atom. The summed E-state index contributed by atoms with van der Waals surface area (Å²) >= 11 is 0. The van der Waals surface area contributed by atoms with Crippen LogP contribution in [0.5, 0.6) is 0 Å². The summed E-state index contributed by atoms with van der Waals surface area (Å²) in [7, 11) is 0. The second kappa shape index (κ2) is 4.82. The summed E-state index contributed by atoms with van der Waals surface area (Å²) in [6, 6.07) is 8.20. The molecule has 2 N–H and O–H groups in total. The van der Waals surface area contributed by atoms with Gasteiger partial charge in [0.2, 0.25) is 5.95 Å². The Hall–Kier alpha value is -2.10. The Balaban J connectivity index is 2.21. The van der Waals surface area contributed by atoms with Crippen molar-refractivity contribution >= 4 is 12.0 Å². The quantitative estimate of drug-likeness (QED) is 0.872. The highest BCUT2D eigenvalue weighted by Gasteiger charge is 2.06. The van der Waals surface area contributed by atoms with Gasteiger partial charge in [0.05, 0.1) is 6.54 Å². The highest BCUT2D eigenvalue weighted by Crippen LogP contribution is 2.09. The number of aryl methyl sites for hydroxylation is 1. The van der Waals surface area contributed by atoms with Crippen LogP contribution in [0.15, 0.2) is 30.8 Å². The maximum Gasteiger partial charge on any atom is 0.239 e. The lowest BCUT2D eigenvalue weighted by molar-refractivity contribution is 0.644. The number of rotatable bonds is 4. The molecule has 2 aromatic rings. The van der Waals surface area contributed by atoms with Crippen LogP contribution in [0.1, 0.15) is 23.9 Å². The molecule has 2 rings (SSSR count). The van der Waals surface area contributed by atoms with Crippen LogP contribution in [0, 0.1) is 0 Å². The minimum absolute atomic E-state index is 0.338. The van der Waals surface area contributed by atoms with Gasteiger partial charge in [-0.15, -0.1) is 5.10 Å². The van der Waals surface area contributed by atoms with Gasteiger partial charge >= 0.3 is 0 Å². The normalized spacial score (nSPS) is 10.4. The first kappa shape index (κ1) is 11.4. The largest absolute Gasteiger partial charge is 0.366 e. The highest BCUT2D eigenvalue weighted by molar-refractivity contribution is 5.47. The number of aromatic nitrogens is 3. The van der Waals surface area contributed by atoms with E-state index in [4.69, 9.17) is 5.73 Å². The standard InChI is InChI=1S/C13H16N4/c1-3-10-5-7-11(8-6-10)9-17-12(4-2)15-13(14)16-17/h3,5-8H,1,4,9H2,2H3,(H2,14,16). The van der Waals surface area contributed by atoms with Crippen molar-refractivity contribution in [2.24, 2.45) is 0 Å². The van der Waals surface area contributed by atoms with Crippen LogP contribution in [0.2, 0.25) is 0 Å². The SMILES string of the molecule is C=Cc1ccc(Cn2nc(N)nc2CC)cc1. The van der Waals surface area contributed by atoms with Gasteiger partial charge in [-0.1, -0.05) is 43.8 Å². The van der Waals surface area contributed by atoms with Crippen molar-refractivity contribution in [3.63, 3.8) is 0 Å².